The van der Waals surface area contributed by atoms with Crippen molar-refractivity contribution >= 4 is 6.29 Å². The van der Waals surface area contributed by atoms with Crippen LogP contribution in [0.2, 0.25) is 0 Å². The van der Waals surface area contributed by atoms with Crippen LogP contribution in [0.4, 0.5) is 0 Å². The summed E-state index contributed by atoms with van der Waals surface area (Å²) in [5.41, 5.74) is -0.123. The molecule has 0 unspecified atom stereocenters. The van der Waals surface area contributed by atoms with Gasteiger partial charge in [-0.05, 0) is 26.2 Å². The van der Waals surface area contributed by atoms with E-state index in [2.05, 4.69) is 6.08 Å². The van der Waals surface area contributed by atoms with Crippen LogP contribution in [0.5, 0.6) is 0 Å². The Kier molecular flexibility index (Phi) is 4.84. The van der Waals surface area contributed by atoms with Gasteiger partial charge in [0.15, 0.2) is 0 Å². The molecule has 0 atom stereocenters. The zero-order valence-electron chi connectivity index (χ0n) is 7.76. The summed E-state index contributed by atoms with van der Waals surface area (Å²) in [4.78, 5) is 10.5. The lowest BCUT2D eigenvalue weighted by molar-refractivity contribution is -0.115. The fourth-order valence-electron chi connectivity index (χ4n) is 0.901. The molecule has 0 aliphatic carbocycles. The molecule has 0 spiro atoms. The van der Waals surface area contributed by atoms with E-state index >= 15 is 0 Å². The highest BCUT2D eigenvalue weighted by atomic mass is 16.1. The first-order chi connectivity index (χ1) is 5.12. The molecule has 0 aliphatic rings. The second kappa shape index (κ2) is 5.11. The van der Waals surface area contributed by atoms with Crippen LogP contribution in [-0.2, 0) is 4.79 Å². The molecular formula is C10H18O. The Labute approximate surface area is 69.5 Å². The molecule has 0 saturated carbocycles. The molecule has 1 heteroatoms. The van der Waals surface area contributed by atoms with Crippen LogP contribution in [0.1, 0.15) is 40.0 Å². The Balaban J connectivity index is 3.45. The van der Waals surface area contributed by atoms with Gasteiger partial charge in [-0.1, -0.05) is 26.0 Å². The molecule has 0 aromatic heterocycles. The Hall–Kier alpha value is -0.590. The Bertz CT molecular complexity index is 134. The van der Waals surface area contributed by atoms with E-state index in [0.29, 0.717) is 0 Å². The van der Waals surface area contributed by atoms with E-state index in [4.69, 9.17) is 0 Å². The Morgan fingerprint density at radius 1 is 1.36 bits per heavy atom. The van der Waals surface area contributed by atoms with Crippen molar-refractivity contribution in [2.24, 2.45) is 5.41 Å². The SMILES string of the molecule is C/C=C/CCCC(C)(C)C=O. The number of hydrogen-bond donors (Lipinski definition) is 0. The maximum absolute atomic E-state index is 10.5. The van der Waals surface area contributed by atoms with Crippen molar-refractivity contribution in [3.63, 3.8) is 0 Å². The van der Waals surface area contributed by atoms with Crippen LogP contribution in [0.25, 0.3) is 0 Å². The summed E-state index contributed by atoms with van der Waals surface area (Å²) in [6.45, 7) is 5.98. The number of hydrogen-bond acceptors (Lipinski definition) is 1. The summed E-state index contributed by atoms with van der Waals surface area (Å²) in [5.74, 6) is 0. The van der Waals surface area contributed by atoms with Gasteiger partial charge < -0.3 is 4.79 Å². The lowest BCUT2D eigenvalue weighted by Crippen LogP contribution is -2.11. The van der Waals surface area contributed by atoms with Gasteiger partial charge in [-0.15, -0.1) is 0 Å². The smallest absolute Gasteiger partial charge is 0.125 e. The fraction of sp³-hybridized carbons (Fsp3) is 0.700. The van der Waals surface area contributed by atoms with Crippen molar-refractivity contribution in [2.45, 2.75) is 40.0 Å². The first kappa shape index (κ1) is 10.4. The van der Waals surface area contributed by atoms with Crippen LogP contribution in [0, 0.1) is 5.41 Å². The summed E-state index contributed by atoms with van der Waals surface area (Å²) in [7, 11) is 0. The second-order valence-electron chi connectivity index (χ2n) is 3.57. The third-order valence-electron chi connectivity index (χ3n) is 1.75. The van der Waals surface area contributed by atoms with Crippen molar-refractivity contribution in [1.82, 2.24) is 0 Å². The molecule has 0 saturated heterocycles. The van der Waals surface area contributed by atoms with E-state index in [9.17, 15) is 4.79 Å². The monoisotopic (exact) mass is 154 g/mol. The van der Waals surface area contributed by atoms with Crippen molar-refractivity contribution in [3.05, 3.63) is 12.2 Å². The molecule has 1 nitrogen and oxygen atoms in total. The normalized spacial score (nSPS) is 12.3. The van der Waals surface area contributed by atoms with Gasteiger partial charge in [0.1, 0.15) is 6.29 Å². The summed E-state index contributed by atoms with van der Waals surface area (Å²) in [6, 6.07) is 0. The van der Waals surface area contributed by atoms with Gasteiger partial charge in [0.2, 0.25) is 0 Å². The van der Waals surface area contributed by atoms with Gasteiger partial charge in [-0.2, -0.15) is 0 Å². The van der Waals surface area contributed by atoms with Crippen molar-refractivity contribution in [3.8, 4) is 0 Å². The highest BCUT2D eigenvalue weighted by Crippen LogP contribution is 2.19. The van der Waals surface area contributed by atoms with Gasteiger partial charge in [-0.3, -0.25) is 0 Å². The van der Waals surface area contributed by atoms with E-state index in [1.807, 2.05) is 26.8 Å². The van der Waals surface area contributed by atoms with Crippen LogP contribution in [0.15, 0.2) is 12.2 Å². The summed E-state index contributed by atoms with van der Waals surface area (Å²) in [5, 5.41) is 0. The average molecular weight is 154 g/mol. The zero-order chi connectivity index (χ0) is 8.74. The number of aldehydes is 1. The molecule has 0 amide bonds. The zero-order valence-corrected chi connectivity index (χ0v) is 7.76. The van der Waals surface area contributed by atoms with Crippen LogP contribution in [-0.4, -0.2) is 6.29 Å². The molecule has 64 valence electrons. The summed E-state index contributed by atoms with van der Waals surface area (Å²) >= 11 is 0. The third-order valence-corrected chi connectivity index (χ3v) is 1.75. The van der Waals surface area contributed by atoms with E-state index in [1.165, 1.54) is 0 Å². The van der Waals surface area contributed by atoms with Crippen molar-refractivity contribution in [2.75, 3.05) is 0 Å². The Morgan fingerprint density at radius 3 is 2.45 bits per heavy atom. The van der Waals surface area contributed by atoms with Crippen molar-refractivity contribution < 1.29 is 4.79 Å². The average Bonchev–Trinajstić information content (AvgIpc) is 1.99. The second-order valence-corrected chi connectivity index (χ2v) is 3.57. The predicted octanol–water partition coefficient (Wildman–Crippen LogP) is 2.96. The summed E-state index contributed by atoms with van der Waals surface area (Å²) in [6.07, 6.45) is 8.42. The molecular weight excluding hydrogens is 136 g/mol. The molecule has 0 N–H and O–H groups in total. The van der Waals surface area contributed by atoms with E-state index in [-0.39, 0.29) is 5.41 Å². The molecule has 0 rings (SSSR count). The lowest BCUT2D eigenvalue weighted by Gasteiger charge is -2.14. The fourth-order valence-corrected chi connectivity index (χ4v) is 0.901. The molecule has 0 aliphatic heterocycles. The van der Waals surface area contributed by atoms with Gasteiger partial charge >= 0.3 is 0 Å². The van der Waals surface area contributed by atoms with E-state index < -0.39 is 0 Å². The minimum atomic E-state index is -0.123. The molecule has 0 radical (unpaired) electrons. The Morgan fingerprint density at radius 2 is 2.00 bits per heavy atom. The molecule has 0 bridgehead atoms. The van der Waals surface area contributed by atoms with Crippen molar-refractivity contribution in [1.29, 1.82) is 0 Å². The van der Waals surface area contributed by atoms with Crippen LogP contribution >= 0.6 is 0 Å². The minimum absolute atomic E-state index is 0.123. The van der Waals surface area contributed by atoms with Gasteiger partial charge in [0.25, 0.3) is 0 Å². The summed E-state index contributed by atoms with van der Waals surface area (Å²) < 4.78 is 0. The highest BCUT2D eigenvalue weighted by molar-refractivity contribution is 5.57. The molecule has 0 heterocycles. The molecule has 0 aromatic rings. The number of unbranched alkanes of at least 4 members (excludes halogenated alkanes) is 1. The molecule has 0 aromatic carbocycles. The highest BCUT2D eigenvalue weighted by Gasteiger charge is 2.14. The topological polar surface area (TPSA) is 17.1 Å². The van der Waals surface area contributed by atoms with Gasteiger partial charge in [0, 0.05) is 5.41 Å². The third kappa shape index (κ3) is 5.84. The molecule has 0 fully saturated rings. The quantitative estimate of drug-likeness (QED) is 0.338. The maximum atomic E-state index is 10.5. The predicted molar refractivity (Wildman–Crippen MR) is 48.5 cm³/mol. The van der Waals surface area contributed by atoms with Gasteiger partial charge in [0.05, 0.1) is 0 Å². The standard InChI is InChI=1S/C10H18O/c1-4-5-6-7-8-10(2,3)9-11/h4-5,9H,6-8H2,1-3H3/b5-4+. The molecule has 11 heavy (non-hydrogen) atoms. The van der Waals surface area contributed by atoms with E-state index in [0.717, 1.165) is 25.5 Å². The van der Waals surface area contributed by atoms with Crippen LogP contribution < -0.4 is 0 Å². The number of carbonyl (C=O) groups is 1. The first-order valence-electron chi connectivity index (χ1n) is 4.20. The number of carbonyl (C=O) groups excluding carboxylic acids is 1. The largest absolute Gasteiger partial charge is 0.303 e. The van der Waals surface area contributed by atoms with Crippen LogP contribution in [0.3, 0.4) is 0 Å². The van der Waals surface area contributed by atoms with Gasteiger partial charge in [-0.25, -0.2) is 0 Å². The maximum Gasteiger partial charge on any atom is 0.125 e. The minimum Gasteiger partial charge on any atom is -0.303 e. The van der Waals surface area contributed by atoms with E-state index in [1.54, 1.807) is 0 Å². The first-order valence-corrected chi connectivity index (χ1v) is 4.20. The number of allylic oxidation sites excluding steroid dienone is 2. The number of rotatable bonds is 5. The lowest BCUT2D eigenvalue weighted by atomic mass is 9.89.